The van der Waals surface area contributed by atoms with E-state index in [-0.39, 0.29) is 0 Å². The van der Waals surface area contributed by atoms with E-state index in [0.29, 0.717) is 0 Å². The molecule has 3 rings (SSSR count). The van der Waals surface area contributed by atoms with Crippen LogP contribution in [-0.4, -0.2) is 21.4 Å². The number of aromatic amines is 1. The van der Waals surface area contributed by atoms with Gasteiger partial charge in [-0.3, -0.25) is 0 Å². The van der Waals surface area contributed by atoms with Gasteiger partial charge in [-0.1, -0.05) is 33.8 Å². The Morgan fingerprint density at radius 1 is 0.969 bits per heavy atom. The summed E-state index contributed by atoms with van der Waals surface area (Å²) >= 11 is 4.20. The zero-order valence-electron chi connectivity index (χ0n) is 19.3. The minimum atomic E-state index is 0.847. The van der Waals surface area contributed by atoms with Crippen LogP contribution in [0.15, 0.2) is 75.2 Å². The molecular weight excluding hydrogens is 439 g/mol. The summed E-state index contributed by atoms with van der Waals surface area (Å²) < 4.78 is 0. The van der Waals surface area contributed by atoms with E-state index >= 15 is 0 Å². The molecule has 169 valence electrons. The first kappa shape index (κ1) is 23.9. The maximum absolute atomic E-state index is 6.63. The summed E-state index contributed by atoms with van der Waals surface area (Å²) in [5.41, 5.74) is 16.9. The van der Waals surface area contributed by atoms with E-state index in [2.05, 4.69) is 71.2 Å². The topological polar surface area (TPSA) is 66.5 Å². The fourth-order valence-corrected chi connectivity index (χ4v) is 4.09. The summed E-state index contributed by atoms with van der Waals surface area (Å²) in [4.78, 5) is 14.5. The molecule has 0 bridgehead atoms. The molecule has 0 atom stereocenters. The van der Waals surface area contributed by atoms with Crippen LogP contribution in [0.5, 0.6) is 0 Å². The Morgan fingerprint density at radius 3 is 2.25 bits per heavy atom. The van der Waals surface area contributed by atoms with Gasteiger partial charge in [0, 0.05) is 5.70 Å². The van der Waals surface area contributed by atoms with Gasteiger partial charge in [0.15, 0.2) is 0 Å². The molecule has 5 heteroatoms. The van der Waals surface area contributed by atoms with Crippen molar-refractivity contribution in [3.8, 4) is 0 Å². The van der Waals surface area contributed by atoms with Crippen LogP contribution in [0.25, 0.3) is 11.6 Å². The predicted octanol–water partition coefficient (Wildman–Crippen LogP) is 6.00. The number of aromatic nitrogens is 1. The number of nitrogens with two attached hydrogens (primary N) is 1. The molecule has 0 radical (unpaired) electrons. The monoisotopic (exact) mass is 471 g/mol. The van der Waals surface area contributed by atoms with Crippen LogP contribution in [-0.2, 0) is 21.7 Å². The first-order valence-corrected chi connectivity index (χ1v) is 11.9. The molecule has 2 aliphatic rings. The third-order valence-corrected chi connectivity index (χ3v) is 5.83. The van der Waals surface area contributed by atoms with Crippen LogP contribution in [0.4, 0.5) is 0 Å². The van der Waals surface area contributed by atoms with Crippen LogP contribution < -0.4 is 5.73 Å². The van der Waals surface area contributed by atoms with Crippen molar-refractivity contribution < 1.29 is 15.3 Å². The summed E-state index contributed by atoms with van der Waals surface area (Å²) in [6.45, 7) is 8.66. The smallest absolute Gasteiger partial charge is 0.0612 e. The Labute approximate surface area is 199 Å². The molecule has 0 saturated carbocycles. The van der Waals surface area contributed by atoms with Gasteiger partial charge in [0.25, 0.3) is 0 Å². The molecule has 3 N–H and O–H groups in total. The second kappa shape index (κ2) is 11.2. The van der Waals surface area contributed by atoms with Crippen molar-refractivity contribution in [1.82, 2.24) is 4.98 Å². The number of rotatable bonds is 9. The minimum Gasteiger partial charge on any atom is -0.0612 e. The minimum absolute atomic E-state index is 0.847. The van der Waals surface area contributed by atoms with Crippen molar-refractivity contribution in [2.24, 2.45) is 15.7 Å². The molecule has 0 aromatic carbocycles. The summed E-state index contributed by atoms with van der Waals surface area (Å²) in [6, 6.07) is 2.21. The van der Waals surface area contributed by atoms with Crippen LogP contribution in [0.2, 0.25) is 0 Å². The first-order valence-electron chi connectivity index (χ1n) is 11.3. The Balaban J connectivity index is 1.92. The standard InChI is InChI=1S/C27H32N4.Co/c1-6-10-19(7-2)26(28)25(9-4)27-20(8-3)15-24(31-27)17-23-14-13-22(30-23)16-21-12-11-18(5)29-21;/h5,10-17,31H,6-9,28H2,1-4H3;/b19-10?,21-16?,23-17?,26-25-;. The molecule has 0 spiro atoms. The van der Waals surface area contributed by atoms with E-state index in [1.165, 1.54) is 16.7 Å². The number of aryl methyl sites for hydroxylation is 1. The fourth-order valence-electron chi connectivity index (χ4n) is 3.93. The number of allylic oxidation sites excluding steroid dienone is 8. The third-order valence-electron chi connectivity index (χ3n) is 5.52. The van der Waals surface area contributed by atoms with Crippen LogP contribution in [0.3, 0.4) is 0 Å². The molecule has 0 saturated heterocycles. The van der Waals surface area contributed by atoms with E-state index in [1.807, 2.05) is 30.4 Å². The van der Waals surface area contributed by atoms with Crippen LogP contribution in [0, 0.1) is 0 Å². The number of hydrogen-bond acceptors (Lipinski definition) is 3. The quantitative estimate of drug-likeness (QED) is 0.426. The van der Waals surface area contributed by atoms with Crippen molar-refractivity contribution >= 4 is 28.0 Å². The molecule has 1 aromatic heterocycles. The van der Waals surface area contributed by atoms with Gasteiger partial charge in [-0.05, 0) is 36.8 Å². The molecule has 32 heavy (non-hydrogen) atoms. The van der Waals surface area contributed by atoms with E-state index in [1.54, 1.807) is 4.96 Å². The van der Waals surface area contributed by atoms with Crippen molar-refractivity contribution in [2.75, 3.05) is 0 Å². The van der Waals surface area contributed by atoms with Crippen molar-refractivity contribution in [2.45, 2.75) is 53.4 Å². The Hall–Kier alpha value is -2.76. The maximum atomic E-state index is 6.63. The molecule has 0 aliphatic carbocycles. The van der Waals surface area contributed by atoms with Crippen molar-refractivity contribution in [3.63, 3.8) is 0 Å². The first-order chi connectivity index (χ1) is 15.5. The van der Waals surface area contributed by atoms with Gasteiger partial charge < -0.3 is 5.73 Å². The summed E-state index contributed by atoms with van der Waals surface area (Å²) in [5.74, 6) is 0. The number of nitrogens with one attached hydrogen (secondary N) is 1. The molecule has 2 aliphatic heterocycles. The molecule has 1 aromatic rings. The van der Waals surface area contributed by atoms with Crippen molar-refractivity contribution in [3.05, 3.63) is 82.1 Å². The van der Waals surface area contributed by atoms with Gasteiger partial charge in [-0.2, -0.15) is 0 Å². The zero-order chi connectivity index (χ0) is 23.1. The van der Waals surface area contributed by atoms with E-state index in [9.17, 15) is 0 Å². The Kier molecular flexibility index (Phi) is 8.37. The summed E-state index contributed by atoms with van der Waals surface area (Å²) in [7, 11) is 0. The van der Waals surface area contributed by atoms with Crippen molar-refractivity contribution in [1.29, 1.82) is 0 Å². The number of H-pyrrole nitrogens is 1. The van der Waals surface area contributed by atoms with Crippen LogP contribution >= 0.6 is 0 Å². The number of hydrogen-bond donors (Lipinski definition) is 2. The Bertz CT molecular complexity index is 1130. The number of nitrogens with zero attached hydrogens (tertiary/aromatic N) is 2. The molecule has 0 amide bonds. The summed E-state index contributed by atoms with van der Waals surface area (Å²) in [6.07, 6.45) is 18.0. The van der Waals surface area contributed by atoms with Gasteiger partial charge in [-0.25, -0.2) is 0 Å². The average Bonchev–Trinajstić information content (AvgIpc) is 3.53. The Morgan fingerprint density at radius 2 is 1.66 bits per heavy atom. The van der Waals surface area contributed by atoms with Gasteiger partial charge in [0.05, 0.1) is 0 Å². The van der Waals surface area contributed by atoms with Gasteiger partial charge in [-0.15, -0.1) is 0 Å². The fraction of sp³-hybridized carbons (Fsp3) is 0.296. The molecule has 3 heterocycles. The SMILES string of the molecule is CCC=C(CC)/C(N)=C(\CC)c1[nH]c(C=C2C=CC(C=C3C=CC([CH]=[Co])=N3)=N2)cc1CC. The van der Waals surface area contributed by atoms with E-state index in [4.69, 9.17) is 10.7 Å². The molecule has 0 unspecified atom stereocenters. The predicted molar refractivity (Wildman–Crippen MR) is 136 cm³/mol. The van der Waals surface area contributed by atoms with Gasteiger partial charge in [0.2, 0.25) is 0 Å². The summed E-state index contributed by atoms with van der Waals surface area (Å²) in [5, 5.41) is 0. The van der Waals surface area contributed by atoms with Gasteiger partial charge >= 0.3 is 118 Å². The van der Waals surface area contributed by atoms with Gasteiger partial charge in [0.1, 0.15) is 0 Å². The normalized spacial score (nSPS) is 19.1. The van der Waals surface area contributed by atoms with Crippen LogP contribution in [0.1, 0.15) is 63.9 Å². The zero-order valence-corrected chi connectivity index (χ0v) is 20.4. The average molecular weight is 472 g/mol. The van der Waals surface area contributed by atoms with E-state index < -0.39 is 0 Å². The second-order valence-corrected chi connectivity index (χ2v) is 7.99. The third kappa shape index (κ3) is 5.53. The second-order valence-electron chi connectivity index (χ2n) is 7.69. The molecule has 4 nitrogen and oxygen atoms in total. The molecule has 0 fully saturated rings. The molecular formula is C27H32CoN4. The number of aliphatic imine (C=N–C) groups is 2. The van der Waals surface area contributed by atoms with E-state index in [0.717, 1.165) is 65.6 Å².